The van der Waals surface area contributed by atoms with Crippen LogP contribution in [0.2, 0.25) is 5.02 Å². The summed E-state index contributed by atoms with van der Waals surface area (Å²) in [6.07, 6.45) is 5.77. The quantitative estimate of drug-likeness (QED) is 0.819. The van der Waals surface area contributed by atoms with Crippen LogP contribution in [-0.2, 0) is 0 Å². The Balaban J connectivity index is 1.89. The number of fused-ring (bicyclic) bond motifs is 1. The number of nitrogens with one attached hydrogen (secondary N) is 1. The first-order chi connectivity index (χ1) is 9.63. The van der Waals surface area contributed by atoms with Crippen molar-refractivity contribution in [2.75, 3.05) is 6.54 Å². The number of benzene rings is 1. The van der Waals surface area contributed by atoms with E-state index in [1.807, 2.05) is 0 Å². The summed E-state index contributed by atoms with van der Waals surface area (Å²) in [5.74, 6) is 2.81. The molecule has 0 aliphatic heterocycles. The fraction of sp³-hybridized carbons (Fsp3) is 0.667. The van der Waals surface area contributed by atoms with Crippen molar-refractivity contribution in [3.8, 4) is 0 Å². The summed E-state index contributed by atoms with van der Waals surface area (Å²) in [6.45, 7) is 7.59. The maximum atomic E-state index is 6.26. The van der Waals surface area contributed by atoms with Crippen LogP contribution in [0.4, 0.5) is 0 Å². The van der Waals surface area contributed by atoms with E-state index in [9.17, 15) is 0 Å². The van der Waals surface area contributed by atoms with Crippen molar-refractivity contribution in [1.82, 2.24) is 5.32 Å². The lowest BCUT2D eigenvalue weighted by Gasteiger charge is -2.22. The Labute approximate surface area is 128 Å². The van der Waals surface area contributed by atoms with Crippen LogP contribution < -0.4 is 5.32 Å². The largest absolute Gasteiger partial charge is 0.310 e. The lowest BCUT2D eigenvalue weighted by molar-refractivity contribution is 0.455. The van der Waals surface area contributed by atoms with Gasteiger partial charge in [-0.25, -0.2) is 0 Å². The molecule has 2 heteroatoms. The first-order valence-corrected chi connectivity index (χ1v) is 8.51. The standard InChI is InChI=1S/C18H26ClN/c1-4-20-18(17-13-7-5-6-8-14(13)17)15-9-12(3)16(19)10-11(15)2/h9-10,13-14,17-18,20H,4-8H2,1-3H3. The van der Waals surface area contributed by atoms with Crippen LogP contribution in [0.1, 0.15) is 55.3 Å². The Morgan fingerprint density at radius 3 is 2.40 bits per heavy atom. The normalized spacial score (nSPS) is 29.9. The minimum atomic E-state index is 0.532. The number of aryl methyl sites for hydroxylation is 2. The molecule has 0 saturated heterocycles. The van der Waals surface area contributed by atoms with Crippen molar-refractivity contribution < 1.29 is 0 Å². The summed E-state index contributed by atoms with van der Waals surface area (Å²) in [4.78, 5) is 0. The molecule has 0 amide bonds. The Hall–Kier alpha value is -0.530. The zero-order chi connectivity index (χ0) is 14.3. The highest BCUT2D eigenvalue weighted by atomic mass is 35.5. The highest BCUT2D eigenvalue weighted by molar-refractivity contribution is 6.31. The number of rotatable bonds is 4. The van der Waals surface area contributed by atoms with Gasteiger partial charge in [-0.15, -0.1) is 0 Å². The summed E-state index contributed by atoms with van der Waals surface area (Å²) < 4.78 is 0. The lowest BCUT2D eigenvalue weighted by atomic mass is 9.94. The van der Waals surface area contributed by atoms with E-state index in [1.165, 1.54) is 42.4 Å². The maximum absolute atomic E-state index is 6.26. The van der Waals surface area contributed by atoms with Gasteiger partial charge in [-0.05, 0) is 73.7 Å². The molecule has 1 nitrogen and oxygen atoms in total. The zero-order valence-corrected chi connectivity index (χ0v) is 13.6. The van der Waals surface area contributed by atoms with Crippen LogP contribution in [0.15, 0.2) is 12.1 Å². The van der Waals surface area contributed by atoms with Crippen molar-refractivity contribution in [3.05, 3.63) is 33.8 Å². The van der Waals surface area contributed by atoms with E-state index >= 15 is 0 Å². The van der Waals surface area contributed by atoms with E-state index in [-0.39, 0.29) is 0 Å². The van der Waals surface area contributed by atoms with Crippen LogP contribution in [0.3, 0.4) is 0 Å². The van der Waals surface area contributed by atoms with Gasteiger partial charge in [0.2, 0.25) is 0 Å². The second-order valence-corrected chi connectivity index (χ2v) is 7.09. The van der Waals surface area contributed by atoms with Crippen LogP contribution in [0.25, 0.3) is 0 Å². The van der Waals surface area contributed by atoms with Crippen molar-refractivity contribution in [3.63, 3.8) is 0 Å². The second kappa shape index (κ2) is 5.69. The van der Waals surface area contributed by atoms with Gasteiger partial charge in [0.05, 0.1) is 0 Å². The average molecular weight is 292 g/mol. The molecule has 0 spiro atoms. The molecule has 1 aromatic rings. The lowest BCUT2D eigenvalue weighted by Crippen LogP contribution is -2.24. The molecule has 3 rings (SSSR count). The SMILES string of the molecule is CCNC(c1cc(C)c(Cl)cc1C)C1C2CCCCC21. The average Bonchev–Trinajstić information content (AvgIpc) is 3.15. The van der Waals surface area contributed by atoms with Gasteiger partial charge in [-0.1, -0.05) is 37.4 Å². The molecular weight excluding hydrogens is 266 g/mol. The molecular formula is C18H26ClN. The molecule has 0 radical (unpaired) electrons. The highest BCUT2D eigenvalue weighted by Crippen LogP contribution is 2.60. The van der Waals surface area contributed by atoms with Gasteiger partial charge < -0.3 is 5.32 Å². The van der Waals surface area contributed by atoms with E-state index in [4.69, 9.17) is 11.6 Å². The molecule has 3 unspecified atom stereocenters. The van der Waals surface area contributed by atoms with Gasteiger partial charge in [0, 0.05) is 11.1 Å². The van der Waals surface area contributed by atoms with E-state index in [0.717, 1.165) is 29.3 Å². The van der Waals surface area contributed by atoms with E-state index in [1.54, 1.807) is 0 Å². The summed E-state index contributed by atoms with van der Waals surface area (Å²) in [7, 11) is 0. The van der Waals surface area contributed by atoms with Crippen LogP contribution >= 0.6 is 11.6 Å². The monoisotopic (exact) mass is 291 g/mol. The van der Waals surface area contributed by atoms with Crippen molar-refractivity contribution >= 4 is 11.6 Å². The number of hydrogen-bond acceptors (Lipinski definition) is 1. The topological polar surface area (TPSA) is 12.0 Å². The van der Waals surface area contributed by atoms with Gasteiger partial charge in [-0.3, -0.25) is 0 Å². The van der Waals surface area contributed by atoms with Gasteiger partial charge in [0.15, 0.2) is 0 Å². The molecule has 2 aliphatic rings. The number of hydrogen-bond donors (Lipinski definition) is 1. The summed E-state index contributed by atoms with van der Waals surface area (Å²) in [6, 6.07) is 4.99. The Morgan fingerprint density at radius 2 is 1.80 bits per heavy atom. The third-order valence-electron chi connectivity index (χ3n) is 5.41. The Kier molecular flexibility index (Phi) is 4.10. The summed E-state index contributed by atoms with van der Waals surface area (Å²) >= 11 is 6.26. The van der Waals surface area contributed by atoms with Crippen molar-refractivity contribution in [2.24, 2.45) is 17.8 Å². The molecule has 110 valence electrons. The second-order valence-electron chi connectivity index (χ2n) is 6.68. The fourth-order valence-corrected chi connectivity index (χ4v) is 4.57. The Bertz CT molecular complexity index is 484. The summed E-state index contributed by atoms with van der Waals surface area (Å²) in [5, 5.41) is 4.66. The summed E-state index contributed by atoms with van der Waals surface area (Å²) in [5.41, 5.74) is 4.03. The van der Waals surface area contributed by atoms with Gasteiger partial charge in [0.1, 0.15) is 0 Å². The molecule has 0 aromatic heterocycles. The van der Waals surface area contributed by atoms with E-state index in [2.05, 4.69) is 38.2 Å². The van der Waals surface area contributed by atoms with Gasteiger partial charge in [-0.2, -0.15) is 0 Å². The van der Waals surface area contributed by atoms with Gasteiger partial charge >= 0.3 is 0 Å². The molecule has 2 aliphatic carbocycles. The number of halogens is 1. The van der Waals surface area contributed by atoms with Crippen LogP contribution in [-0.4, -0.2) is 6.54 Å². The van der Waals surface area contributed by atoms with Gasteiger partial charge in [0.25, 0.3) is 0 Å². The van der Waals surface area contributed by atoms with Crippen molar-refractivity contribution in [1.29, 1.82) is 0 Å². The predicted molar refractivity (Wildman–Crippen MR) is 86.3 cm³/mol. The molecule has 1 N–H and O–H groups in total. The van der Waals surface area contributed by atoms with Crippen LogP contribution in [0, 0.1) is 31.6 Å². The smallest absolute Gasteiger partial charge is 0.0438 e. The third kappa shape index (κ3) is 2.51. The molecule has 1 aromatic carbocycles. The molecule has 2 saturated carbocycles. The minimum absolute atomic E-state index is 0.532. The highest BCUT2D eigenvalue weighted by Gasteiger charge is 2.54. The molecule has 3 atom stereocenters. The molecule has 0 heterocycles. The molecule has 20 heavy (non-hydrogen) atoms. The predicted octanol–water partition coefficient (Wildman–Crippen LogP) is 5.04. The maximum Gasteiger partial charge on any atom is 0.0438 e. The zero-order valence-electron chi connectivity index (χ0n) is 12.9. The van der Waals surface area contributed by atoms with Crippen LogP contribution in [0.5, 0.6) is 0 Å². The van der Waals surface area contributed by atoms with Crippen molar-refractivity contribution in [2.45, 2.75) is 52.5 Å². The minimum Gasteiger partial charge on any atom is -0.310 e. The molecule has 2 fully saturated rings. The van der Waals surface area contributed by atoms with E-state index in [0.29, 0.717) is 6.04 Å². The third-order valence-corrected chi connectivity index (χ3v) is 5.82. The Morgan fingerprint density at radius 1 is 1.15 bits per heavy atom. The van der Waals surface area contributed by atoms with E-state index < -0.39 is 0 Å². The first-order valence-electron chi connectivity index (χ1n) is 8.13. The first kappa shape index (κ1) is 14.4. The molecule has 0 bridgehead atoms. The fourth-order valence-electron chi connectivity index (χ4n) is 4.35.